The van der Waals surface area contributed by atoms with E-state index < -0.39 is 4.92 Å². The van der Waals surface area contributed by atoms with E-state index in [1.165, 1.54) is 18.3 Å². The Morgan fingerprint density at radius 1 is 1.26 bits per heavy atom. The zero-order valence-electron chi connectivity index (χ0n) is 14.8. The first-order chi connectivity index (χ1) is 13.1. The van der Waals surface area contributed by atoms with Crippen LogP contribution in [0.5, 0.6) is 17.2 Å². The normalized spacial score (nSPS) is 13.0. The van der Waals surface area contributed by atoms with Gasteiger partial charge in [-0.3, -0.25) is 10.1 Å². The third-order valence-corrected chi connectivity index (χ3v) is 3.91. The van der Waals surface area contributed by atoms with Crippen molar-refractivity contribution in [3.05, 3.63) is 57.1 Å². The van der Waals surface area contributed by atoms with Crippen LogP contribution < -0.4 is 14.2 Å². The average Bonchev–Trinajstić information content (AvgIpc) is 2.70. The van der Waals surface area contributed by atoms with Crippen LogP contribution in [0.1, 0.15) is 16.7 Å². The SMILES string of the molecule is COc1ccc(OC)c(/C=N\OCc2cc([N+](=O)[O-])cc3c2OCOC3)c1. The van der Waals surface area contributed by atoms with Crippen LogP contribution in [0.15, 0.2) is 35.5 Å². The molecule has 0 bridgehead atoms. The van der Waals surface area contributed by atoms with Gasteiger partial charge < -0.3 is 23.8 Å². The van der Waals surface area contributed by atoms with Crippen LogP contribution in [0.25, 0.3) is 0 Å². The number of ether oxygens (including phenoxy) is 4. The highest BCUT2D eigenvalue weighted by molar-refractivity contribution is 5.83. The van der Waals surface area contributed by atoms with E-state index in [2.05, 4.69) is 5.16 Å². The van der Waals surface area contributed by atoms with E-state index in [0.29, 0.717) is 33.9 Å². The average molecular weight is 374 g/mol. The highest BCUT2D eigenvalue weighted by atomic mass is 16.7. The number of nitrogens with zero attached hydrogens (tertiary/aromatic N) is 2. The lowest BCUT2D eigenvalue weighted by molar-refractivity contribution is -0.385. The summed E-state index contributed by atoms with van der Waals surface area (Å²) in [6.45, 7) is 0.336. The Kier molecular flexibility index (Phi) is 5.72. The molecule has 0 amide bonds. The Morgan fingerprint density at radius 2 is 2.11 bits per heavy atom. The third kappa shape index (κ3) is 4.26. The minimum absolute atomic E-state index is 0.00674. The van der Waals surface area contributed by atoms with E-state index in [0.717, 1.165) is 0 Å². The molecule has 0 saturated carbocycles. The smallest absolute Gasteiger partial charge is 0.270 e. The first-order valence-corrected chi connectivity index (χ1v) is 8.00. The van der Waals surface area contributed by atoms with Crippen molar-refractivity contribution in [2.24, 2.45) is 5.16 Å². The molecule has 0 aliphatic carbocycles. The maximum Gasteiger partial charge on any atom is 0.270 e. The predicted octanol–water partition coefficient (Wildman–Crippen LogP) is 3.03. The van der Waals surface area contributed by atoms with Gasteiger partial charge in [-0.15, -0.1) is 0 Å². The maximum absolute atomic E-state index is 11.1. The molecule has 0 radical (unpaired) electrons. The van der Waals surface area contributed by atoms with Crippen LogP contribution in [-0.2, 0) is 22.8 Å². The lowest BCUT2D eigenvalue weighted by atomic mass is 10.1. The number of non-ortho nitro benzene ring substituents is 1. The highest BCUT2D eigenvalue weighted by Gasteiger charge is 2.21. The Morgan fingerprint density at radius 3 is 2.85 bits per heavy atom. The second-order valence-corrected chi connectivity index (χ2v) is 5.58. The summed E-state index contributed by atoms with van der Waals surface area (Å²) in [6, 6.07) is 8.12. The van der Waals surface area contributed by atoms with E-state index >= 15 is 0 Å². The summed E-state index contributed by atoms with van der Waals surface area (Å²) in [5.41, 5.74) is 1.74. The van der Waals surface area contributed by atoms with Crippen LogP contribution in [0.3, 0.4) is 0 Å². The maximum atomic E-state index is 11.1. The molecule has 0 fully saturated rings. The molecule has 2 aromatic carbocycles. The number of fused-ring (bicyclic) bond motifs is 1. The number of nitro groups is 1. The zero-order valence-corrected chi connectivity index (χ0v) is 14.8. The monoisotopic (exact) mass is 374 g/mol. The number of rotatable bonds is 7. The fourth-order valence-corrected chi connectivity index (χ4v) is 2.63. The summed E-state index contributed by atoms with van der Waals surface area (Å²) >= 11 is 0. The number of hydrogen-bond donors (Lipinski definition) is 0. The molecule has 0 unspecified atom stereocenters. The fourth-order valence-electron chi connectivity index (χ4n) is 2.63. The highest BCUT2D eigenvalue weighted by Crippen LogP contribution is 2.33. The van der Waals surface area contributed by atoms with Gasteiger partial charge in [0.2, 0.25) is 0 Å². The summed E-state index contributed by atoms with van der Waals surface area (Å²) in [5, 5.41) is 15.0. The minimum atomic E-state index is -0.469. The van der Waals surface area contributed by atoms with Gasteiger partial charge in [-0.1, -0.05) is 5.16 Å². The second-order valence-electron chi connectivity index (χ2n) is 5.58. The van der Waals surface area contributed by atoms with E-state index in [4.69, 9.17) is 23.8 Å². The Labute approximate surface area is 155 Å². The van der Waals surface area contributed by atoms with Crippen LogP contribution >= 0.6 is 0 Å². The van der Waals surface area contributed by atoms with Crippen molar-refractivity contribution in [3.63, 3.8) is 0 Å². The Balaban J connectivity index is 1.76. The Bertz CT molecular complexity index is 867. The van der Waals surface area contributed by atoms with Crippen molar-refractivity contribution in [2.75, 3.05) is 21.0 Å². The quantitative estimate of drug-likeness (QED) is 0.417. The number of nitro benzene ring substituents is 1. The third-order valence-electron chi connectivity index (χ3n) is 3.91. The van der Waals surface area contributed by atoms with Gasteiger partial charge in [-0.25, -0.2) is 0 Å². The first kappa shape index (κ1) is 18.5. The molecule has 142 valence electrons. The molecule has 1 heterocycles. The van der Waals surface area contributed by atoms with E-state index in [-0.39, 0.29) is 25.7 Å². The van der Waals surface area contributed by atoms with Crippen molar-refractivity contribution < 1.29 is 28.7 Å². The van der Waals surface area contributed by atoms with Crippen molar-refractivity contribution in [1.82, 2.24) is 0 Å². The van der Waals surface area contributed by atoms with Crippen molar-refractivity contribution in [2.45, 2.75) is 13.2 Å². The molecule has 1 aliphatic rings. The summed E-state index contributed by atoms with van der Waals surface area (Å²) in [6.07, 6.45) is 1.48. The standard InChI is InChI=1S/C18H18N2O7/c1-23-16-3-4-17(24-2)12(7-16)8-19-27-10-14-6-15(20(21)22)5-13-9-25-11-26-18(13)14/h3-8H,9-11H2,1-2H3/b19-8-. The molecular weight excluding hydrogens is 356 g/mol. The van der Waals surface area contributed by atoms with Crippen molar-refractivity contribution in [1.29, 1.82) is 0 Å². The minimum Gasteiger partial charge on any atom is -0.497 e. The van der Waals surface area contributed by atoms with Crippen molar-refractivity contribution in [3.8, 4) is 17.2 Å². The molecule has 9 nitrogen and oxygen atoms in total. The van der Waals surface area contributed by atoms with Gasteiger partial charge in [0.1, 0.15) is 23.9 Å². The predicted molar refractivity (Wildman–Crippen MR) is 95.3 cm³/mol. The summed E-state index contributed by atoms with van der Waals surface area (Å²) in [5.74, 6) is 1.79. The topological polar surface area (TPSA) is 102 Å². The first-order valence-electron chi connectivity index (χ1n) is 8.00. The van der Waals surface area contributed by atoms with Gasteiger partial charge in [-0.05, 0) is 18.2 Å². The van der Waals surface area contributed by atoms with Gasteiger partial charge in [0, 0.05) is 28.8 Å². The lowest BCUT2D eigenvalue weighted by Crippen LogP contribution is -2.14. The largest absolute Gasteiger partial charge is 0.497 e. The zero-order chi connectivity index (χ0) is 19.2. The van der Waals surface area contributed by atoms with Crippen LogP contribution in [-0.4, -0.2) is 32.2 Å². The lowest BCUT2D eigenvalue weighted by Gasteiger charge is -2.20. The van der Waals surface area contributed by atoms with Crippen molar-refractivity contribution >= 4 is 11.9 Å². The summed E-state index contributed by atoms with van der Waals surface area (Å²) in [7, 11) is 3.11. The van der Waals surface area contributed by atoms with Gasteiger partial charge in [0.25, 0.3) is 5.69 Å². The van der Waals surface area contributed by atoms with E-state index in [9.17, 15) is 10.1 Å². The van der Waals surface area contributed by atoms with Gasteiger partial charge in [0.05, 0.1) is 32.0 Å². The molecule has 1 aliphatic heterocycles. The molecule has 0 saturated heterocycles. The Hall–Kier alpha value is -3.33. The van der Waals surface area contributed by atoms with Gasteiger partial charge >= 0.3 is 0 Å². The number of hydrogen-bond acceptors (Lipinski definition) is 8. The van der Waals surface area contributed by atoms with E-state index in [1.54, 1.807) is 32.4 Å². The van der Waals surface area contributed by atoms with Gasteiger partial charge in [0.15, 0.2) is 6.79 Å². The van der Waals surface area contributed by atoms with Crippen LogP contribution in [0.2, 0.25) is 0 Å². The molecule has 9 heteroatoms. The van der Waals surface area contributed by atoms with Crippen LogP contribution in [0.4, 0.5) is 5.69 Å². The molecule has 2 aromatic rings. The molecule has 3 rings (SSSR count). The molecule has 0 spiro atoms. The fraction of sp³-hybridized carbons (Fsp3) is 0.278. The molecule has 0 aromatic heterocycles. The number of methoxy groups -OCH3 is 2. The number of benzene rings is 2. The summed E-state index contributed by atoms with van der Waals surface area (Å²) < 4.78 is 21.1. The second kappa shape index (κ2) is 8.37. The molecule has 27 heavy (non-hydrogen) atoms. The molecule has 0 atom stereocenters. The molecule has 0 N–H and O–H groups in total. The van der Waals surface area contributed by atoms with Crippen LogP contribution in [0, 0.1) is 10.1 Å². The molecular formula is C18H18N2O7. The van der Waals surface area contributed by atoms with E-state index in [1.807, 2.05) is 0 Å². The summed E-state index contributed by atoms with van der Waals surface area (Å²) in [4.78, 5) is 16.0. The van der Waals surface area contributed by atoms with Gasteiger partial charge in [-0.2, -0.15) is 0 Å². The number of oxime groups is 1.